The van der Waals surface area contributed by atoms with Crippen molar-refractivity contribution >= 4 is 27.5 Å². The van der Waals surface area contributed by atoms with Crippen LogP contribution in [0.5, 0.6) is 0 Å². The van der Waals surface area contributed by atoms with Gasteiger partial charge in [0.05, 0.1) is 0 Å². The number of halogens is 1. The summed E-state index contributed by atoms with van der Waals surface area (Å²) in [6, 6.07) is 2.18. The van der Waals surface area contributed by atoms with Crippen molar-refractivity contribution in [2.75, 3.05) is 0 Å². The molecule has 0 bridgehead atoms. The first-order valence-corrected chi connectivity index (χ1v) is 6.60. The Balaban J connectivity index is 2.90. The lowest BCUT2D eigenvalue weighted by atomic mass is 10.2. The van der Waals surface area contributed by atoms with Crippen molar-refractivity contribution in [1.82, 2.24) is 9.71 Å². The average Bonchev–Trinajstić information content (AvgIpc) is 2.15. The second-order valence-corrected chi connectivity index (χ2v) is 5.53. The molecule has 0 aliphatic rings. The molecule has 0 saturated heterocycles. The number of hydrogen-bond acceptors (Lipinski definition) is 4. The molecule has 0 aromatic carbocycles. The normalized spacial score (nSPS) is 13.3. The smallest absolute Gasteiger partial charge is 0.243 e. The Morgan fingerprint density at radius 3 is 2.82 bits per heavy atom. The van der Waals surface area contributed by atoms with E-state index in [1.54, 1.807) is 0 Å². The summed E-state index contributed by atoms with van der Waals surface area (Å²) in [7, 11) is -3.79. The lowest BCUT2D eigenvalue weighted by Crippen LogP contribution is -2.35. The molecule has 94 valence electrons. The maximum absolute atomic E-state index is 11.9. The zero-order valence-electron chi connectivity index (χ0n) is 9.05. The third-order valence-electron chi connectivity index (χ3n) is 1.88. The second kappa shape index (κ2) is 5.44. The fourth-order valence-corrected chi connectivity index (χ4v) is 2.94. The first-order chi connectivity index (χ1) is 7.83. The van der Waals surface area contributed by atoms with Crippen LogP contribution in [0.15, 0.2) is 23.2 Å². The largest absolute Gasteiger partial charge is 0.370 e. The molecule has 1 aromatic rings. The van der Waals surface area contributed by atoms with Gasteiger partial charge in [0, 0.05) is 18.7 Å². The Labute approximate surface area is 104 Å². The second-order valence-electron chi connectivity index (χ2n) is 3.49. The highest BCUT2D eigenvalue weighted by atomic mass is 35.5. The van der Waals surface area contributed by atoms with Gasteiger partial charge in [-0.1, -0.05) is 11.6 Å². The lowest BCUT2D eigenvalue weighted by molar-refractivity contribution is -0.118. The summed E-state index contributed by atoms with van der Waals surface area (Å²) in [5.74, 6) is -0.586. The number of pyridine rings is 1. The zero-order chi connectivity index (χ0) is 13.1. The minimum atomic E-state index is -3.79. The van der Waals surface area contributed by atoms with Crippen LogP contribution in [0, 0.1) is 0 Å². The van der Waals surface area contributed by atoms with E-state index in [1.807, 2.05) is 0 Å². The van der Waals surface area contributed by atoms with Gasteiger partial charge in [0.25, 0.3) is 0 Å². The summed E-state index contributed by atoms with van der Waals surface area (Å²) >= 11 is 5.68. The minimum Gasteiger partial charge on any atom is -0.370 e. The number of nitrogens with one attached hydrogen (secondary N) is 1. The molecule has 0 aliphatic heterocycles. The third-order valence-corrected chi connectivity index (χ3v) is 3.91. The van der Waals surface area contributed by atoms with Gasteiger partial charge in [0.1, 0.15) is 10.0 Å². The van der Waals surface area contributed by atoms with Gasteiger partial charge in [-0.2, -0.15) is 0 Å². The summed E-state index contributed by atoms with van der Waals surface area (Å²) in [6.45, 7) is 1.53. The molecule has 3 N–H and O–H groups in total. The van der Waals surface area contributed by atoms with Crippen molar-refractivity contribution in [3.8, 4) is 0 Å². The van der Waals surface area contributed by atoms with E-state index >= 15 is 0 Å². The molecule has 0 aliphatic carbocycles. The van der Waals surface area contributed by atoms with Gasteiger partial charge in [-0.05, 0) is 19.1 Å². The first kappa shape index (κ1) is 13.9. The number of aromatic nitrogens is 1. The predicted octanol–water partition coefficient (Wildman–Crippen LogP) is 0.277. The van der Waals surface area contributed by atoms with Gasteiger partial charge in [-0.15, -0.1) is 0 Å². The molecule has 8 heteroatoms. The van der Waals surface area contributed by atoms with E-state index in [-0.39, 0.29) is 16.5 Å². The third kappa shape index (κ3) is 3.95. The van der Waals surface area contributed by atoms with Crippen LogP contribution in [0.2, 0.25) is 5.15 Å². The molecule has 0 spiro atoms. The number of sulfonamides is 1. The summed E-state index contributed by atoms with van der Waals surface area (Å²) in [6.07, 6.45) is 1.30. The number of nitrogens with zero attached hydrogens (tertiary/aromatic N) is 1. The topological polar surface area (TPSA) is 102 Å². The number of hydrogen-bond donors (Lipinski definition) is 2. The quantitative estimate of drug-likeness (QED) is 0.755. The molecule has 0 fully saturated rings. The molecule has 17 heavy (non-hydrogen) atoms. The summed E-state index contributed by atoms with van der Waals surface area (Å²) in [5, 5.41) is -0.119. The standard InChI is InChI=1S/C9H12ClN3O3S/c1-6(5-8(11)14)13-17(15,16)7-3-2-4-12-9(7)10/h2-4,6,13H,5H2,1H3,(H2,11,14). The fraction of sp³-hybridized carbons (Fsp3) is 0.333. The van der Waals surface area contributed by atoms with Gasteiger partial charge in [0.15, 0.2) is 0 Å². The molecule has 1 unspecified atom stereocenters. The molecule has 1 amide bonds. The minimum absolute atomic E-state index is 0.0862. The van der Waals surface area contributed by atoms with E-state index in [9.17, 15) is 13.2 Å². The van der Waals surface area contributed by atoms with E-state index in [0.717, 1.165) is 0 Å². The first-order valence-electron chi connectivity index (χ1n) is 4.74. The SMILES string of the molecule is CC(CC(N)=O)NS(=O)(=O)c1cccnc1Cl. The molecule has 1 atom stereocenters. The van der Waals surface area contributed by atoms with Crippen molar-refractivity contribution in [2.45, 2.75) is 24.3 Å². The van der Waals surface area contributed by atoms with Crippen LogP contribution in [0.3, 0.4) is 0 Å². The molecule has 6 nitrogen and oxygen atoms in total. The maximum atomic E-state index is 11.9. The summed E-state index contributed by atoms with van der Waals surface area (Å²) < 4.78 is 26.0. The summed E-state index contributed by atoms with van der Waals surface area (Å²) in [4.78, 5) is 14.2. The van der Waals surface area contributed by atoms with E-state index in [2.05, 4.69) is 9.71 Å². The Morgan fingerprint density at radius 1 is 1.65 bits per heavy atom. The highest BCUT2D eigenvalue weighted by Crippen LogP contribution is 2.17. The predicted molar refractivity (Wildman–Crippen MR) is 62.8 cm³/mol. The number of nitrogens with two attached hydrogens (primary N) is 1. The van der Waals surface area contributed by atoms with Crippen LogP contribution in [-0.4, -0.2) is 25.4 Å². The highest BCUT2D eigenvalue weighted by molar-refractivity contribution is 7.89. The van der Waals surface area contributed by atoms with Gasteiger partial charge >= 0.3 is 0 Å². The molecule has 1 heterocycles. The van der Waals surface area contributed by atoms with Crippen LogP contribution >= 0.6 is 11.6 Å². The average molecular weight is 278 g/mol. The van der Waals surface area contributed by atoms with Crippen molar-refractivity contribution in [2.24, 2.45) is 5.73 Å². The molecule has 1 rings (SSSR count). The Morgan fingerprint density at radius 2 is 2.29 bits per heavy atom. The molecule has 0 saturated carbocycles. The molecule has 1 aromatic heterocycles. The Kier molecular flexibility index (Phi) is 4.44. The number of carbonyl (C=O) groups excluding carboxylic acids is 1. The van der Waals surface area contributed by atoms with Crippen molar-refractivity contribution in [3.05, 3.63) is 23.5 Å². The van der Waals surface area contributed by atoms with Crippen LogP contribution in [0.1, 0.15) is 13.3 Å². The monoisotopic (exact) mass is 277 g/mol. The van der Waals surface area contributed by atoms with Crippen molar-refractivity contribution < 1.29 is 13.2 Å². The van der Waals surface area contributed by atoms with E-state index in [4.69, 9.17) is 17.3 Å². The molecule has 0 radical (unpaired) electrons. The highest BCUT2D eigenvalue weighted by Gasteiger charge is 2.21. The van der Waals surface area contributed by atoms with Crippen molar-refractivity contribution in [1.29, 1.82) is 0 Å². The number of rotatable bonds is 5. The Bertz CT molecular complexity index is 518. The zero-order valence-corrected chi connectivity index (χ0v) is 10.6. The van der Waals surface area contributed by atoms with Crippen LogP contribution in [0.25, 0.3) is 0 Å². The number of carbonyl (C=O) groups is 1. The van der Waals surface area contributed by atoms with Crippen molar-refractivity contribution in [3.63, 3.8) is 0 Å². The van der Waals surface area contributed by atoms with Gasteiger partial charge in [0.2, 0.25) is 15.9 Å². The summed E-state index contributed by atoms with van der Waals surface area (Å²) in [5.41, 5.74) is 4.97. The molecular formula is C9H12ClN3O3S. The maximum Gasteiger partial charge on any atom is 0.243 e. The van der Waals surface area contributed by atoms with Gasteiger partial charge < -0.3 is 5.73 Å². The van der Waals surface area contributed by atoms with E-state index in [0.29, 0.717) is 0 Å². The number of primary amides is 1. The van der Waals surface area contributed by atoms with Crippen LogP contribution in [-0.2, 0) is 14.8 Å². The lowest BCUT2D eigenvalue weighted by Gasteiger charge is -2.12. The number of amides is 1. The van der Waals surface area contributed by atoms with Crippen LogP contribution in [0.4, 0.5) is 0 Å². The fourth-order valence-electron chi connectivity index (χ4n) is 1.24. The van der Waals surface area contributed by atoms with E-state index in [1.165, 1.54) is 25.3 Å². The van der Waals surface area contributed by atoms with E-state index < -0.39 is 22.0 Å². The molecular weight excluding hydrogens is 266 g/mol. The Hall–Kier alpha value is -1.18. The van der Waals surface area contributed by atoms with Crippen LogP contribution < -0.4 is 10.5 Å². The van der Waals surface area contributed by atoms with Gasteiger partial charge in [-0.3, -0.25) is 4.79 Å². The van der Waals surface area contributed by atoms with Gasteiger partial charge in [-0.25, -0.2) is 18.1 Å².